The van der Waals surface area contributed by atoms with Gasteiger partial charge in [0, 0.05) is 12.1 Å². The molecule has 4 nitrogen and oxygen atoms in total. The molecule has 20 heavy (non-hydrogen) atoms. The second kappa shape index (κ2) is 5.87. The monoisotopic (exact) mass is 282 g/mol. The Labute approximate surface area is 119 Å². The van der Waals surface area contributed by atoms with Gasteiger partial charge in [-0.2, -0.15) is 0 Å². The molecule has 112 valence electrons. The zero-order chi connectivity index (χ0) is 14.8. The average molecular weight is 282 g/mol. The lowest BCUT2D eigenvalue weighted by atomic mass is 9.77. The van der Waals surface area contributed by atoms with Crippen LogP contribution < -0.4 is 15.8 Å². The summed E-state index contributed by atoms with van der Waals surface area (Å²) in [6.45, 7) is 2.26. The largest absolute Gasteiger partial charge is 0.494 e. The number of nitrogens with two attached hydrogens (primary N) is 1. The summed E-state index contributed by atoms with van der Waals surface area (Å²) in [6.07, 6.45) is 3.88. The summed E-state index contributed by atoms with van der Waals surface area (Å²) in [7, 11) is 1.42. The highest BCUT2D eigenvalue weighted by atomic mass is 19.1. The van der Waals surface area contributed by atoms with Gasteiger partial charge in [-0.3, -0.25) is 0 Å². The minimum absolute atomic E-state index is 0.0405. The summed E-state index contributed by atoms with van der Waals surface area (Å²) in [5, 5.41) is 13.1. The second-order valence-electron chi connectivity index (χ2n) is 5.82. The van der Waals surface area contributed by atoms with Gasteiger partial charge in [0.1, 0.15) is 0 Å². The lowest BCUT2D eigenvalue weighted by Gasteiger charge is -2.40. The van der Waals surface area contributed by atoms with Crippen molar-refractivity contribution in [2.75, 3.05) is 24.8 Å². The molecule has 0 spiro atoms. The van der Waals surface area contributed by atoms with Crippen molar-refractivity contribution in [3.8, 4) is 5.75 Å². The molecule has 0 bridgehead atoms. The molecule has 1 aliphatic carbocycles. The van der Waals surface area contributed by atoms with Crippen molar-refractivity contribution in [3.05, 3.63) is 17.9 Å². The van der Waals surface area contributed by atoms with Crippen LogP contribution in [0.25, 0.3) is 0 Å². The first-order valence-electron chi connectivity index (χ1n) is 7.02. The van der Waals surface area contributed by atoms with Crippen molar-refractivity contribution in [1.29, 1.82) is 0 Å². The molecule has 0 saturated heterocycles. The summed E-state index contributed by atoms with van der Waals surface area (Å²) in [4.78, 5) is 0. The normalized spacial score (nSPS) is 26.3. The number of aliphatic hydroxyl groups is 1. The zero-order valence-electron chi connectivity index (χ0n) is 12.1. The first kappa shape index (κ1) is 14.9. The van der Waals surface area contributed by atoms with Gasteiger partial charge in [-0.25, -0.2) is 4.39 Å². The molecule has 0 radical (unpaired) electrons. The highest BCUT2D eigenvalue weighted by Crippen LogP contribution is 2.37. The summed E-state index contributed by atoms with van der Waals surface area (Å²) >= 11 is 0. The van der Waals surface area contributed by atoms with Crippen molar-refractivity contribution < 1.29 is 14.2 Å². The molecule has 2 rings (SSSR count). The van der Waals surface area contributed by atoms with Gasteiger partial charge in [0.05, 0.1) is 30.6 Å². The fourth-order valence-corrected chi connectivity index (χ4v) is 2.76. The predicted octanol–water partition coefficient (Wildman–Crippen LogP) is 2.77. The number of halogens is 1. The van der Waals surface area contributed by atoms with E-state index in [0.29, 0.717) is 17.3 Å². The van der Waals surface area contributed by atoms with Gasteiger partial charge < -0.3 is 20.9 Å². The Morgan fingerprint density at radius 3 is 2.65 bits per heavy atom. The number of benzene rings is 1. The van der Waals surface area contributed by atoms with E-state index in [0.717, 1.165) is 25.7 Å². The predicted molar refractivity (Wildman–Crippen MR) is 78.4 cm³/mol. The Morgan fingerprint density at radius 2 is 2.10 bits per heavy atom. The molecule has 5 heteroatoms. The van der Waals surface area contributed by atoms with Crippen LogP contribution in [-0.2, 0) is 0 Å². The highest BCUT2D eigenvalue weighted by Gasteiger charge is 2.34. The topological polar surface area (TPSA) is 67.5 Å². The Balaban J connectivity index is 2.23. The molecule has 1 aliphatic rings. The molecule has 0 unspecified atom stereocenters. The van der Waals surface area contributed by atoms with Gasteiger partial charge in [-0.1, -0.05) is 6.92 Å². The van der Waals surface area contributed by atoms with Gasteiger partial charge >= 0.3 is 0 Å². The van der Waals surface area contributed by atoms with Crippen LogP contribution in [0.15, 0.2) is 12.1 Å². The van der Waals surface area contributed by atoms with E-state index in [1.54, 1.807) is 6.07 Å². The Hall–Kier alpha value is -1.49. The maximum Gasteiger partial charge on any atom is 0.167 e. The lowest BCUT2D eigenvalue weighted by Crippen LogP contribution is -2.45. The van der Waals surface area contributed by atoms with Crippen LogP contribution in [0, 0.1) is 11.7 Å². The molecular formula is C15H23FN2O2. The van der Waals surface area contributed by atoms with Crippen LogP contribution in [0.1, 0.15) is 32.6 Å². The fourth-order valence-electron chi connectivity index (χ4n) is 2.76. The summed E-state index contributed by atoms with van der Waals surface area (Å²) in [6, 6.07) is 2.80. The lowest BCUT2D eigenvalue weighted by molar-refractivity contribution is 0.155. The van der Waals surface area contributed by atoms with Crippen LogP contribution >= 0.6 is 0 Å². The van der Waals surface area contributed by atoms with Crippen LogP contribution in [0.4, 0.5) is 15.8 Å². The van der Waals surface area contributed by atoms with E-state index in [4.69, 9.17) is 10.5 Å². The Morgan fingerprint density at radius 1 is 1.45 bits per heavy atom. The SMILES string of the molecule is COc1cc(NC2(CO)CCC(C)CC2)c(N)cc1F. The summed E-state index contributed by atoms with van der Waals surface area (Å²) in [5.74, 6) is 0.349. The first-order valence-corrected chi connectivity index (χ1v) is 7.02. The number of aliphatic hydroxyl groups excluding tert-OH is 1. The molecule has 1 fully saturated rings. The minimum atomic E-state index is -0.481. The van der Waals surface area contributed by atoms with Crippen molar-refractivity contribution in [2.24, 2.45) is 5.92 Å². The van der Waals surface area contributed by atoms with E-state index in [1.165, 1.54) is 13.2 Å². The van der Waals surface area contributed by atoms with Crippen molar-refractivity contribution in [3.63, 3.8) is 0 Å². The first-order chi connectivity index (χ1) is 9.49. The van der Waals surface area contributed by atoms with Crippen LogP contribution in [0.2, 0.25) is 0 Å². The third-order valence-electron chi connectivity index (χ3n) is 4.26. The maximum absolute atomic E-state index is 13.6. The van der Waals surface area contributed by atoms with E-state index >= 15 is 0 Å². The molecular weight excluding hydrogens is 259 g/mol. The number of anilines is 2. The van der Waals surface area contributed by atoms with Gasteiger partial charge in [-0.05, 0) is 31.6 Å². The number of ether oxygens (including phenoxy) is 1. The second-order valence-corrected chi connectivity index (χ2v) is 5.82. The third-order valence-corrected chi connectivity index (χ3v) is 4.26. The molecule has 0 aromatic heterocycles. The van der Waals surface area contributed by atoms with Crippen LogP contribution in [0.5, 0.6) is 5.75 Å². The van der Waals surface area contributed by atoms with Gasteiger partial charge in [-0.15, -0.1) is 0 Å². The van der Waals surface area contributed by atoms with E-state index < -0.39 is 5.82 Å². The molecule has 0 atom stereocenters. The number of nitrogens with one attached hydrogen (secondary N) is 1. The quantitative estimate of drug-likeness (QED) is 0.743. The number of hydrogen-bond donors (Lipinski definition) is 3. The van der Waals surface area contributed by atoms with Crippen molar-refractivity contribution in [2.45, 2.75) is 38.1 Å². The molecule has 4 N–H and O–H groups in total. The maximum atomic E-state index is 13.6. The molecule has 1 aromatic carbocycles. The van der Waals surface area contributed by atoms with E-state index in [9.17, 15) is 9.50 Å². The minimum Gasteiger partial charge on any atom is -0.494 e. The van der Waals surface area contributed by atoms with Crippen LogP contribution in [0.3, 0.4) is 0 Å². The smallest absolute Gasteiger partial charge is 0.167 e. The standard InChI is InChI=1S/C15H23FN2O2/c1-10-3-5-15(9-19,6-4-10)18-13-8-14(20-2)11(16)7-12(13)17/h7-8,10,18-19H,3-6,9,17H2,1-2H3. The van der Waals surface area contributed by atoms with E-state index in [1.807, 2.05) is 0 Å². The zero-order valence-corrected chi connectivity index (χ0v) is 12.1. The van der Waals surface area contributed by atoms with Gasteiger partial charge in [0.25, 0.3) is 0 Å². The molecule has 1 saturated carbocycles. The summed E-state index contributed by atoms with van der Waals surface area (Å²) in [5.41, 5.74) is 6.44. The van der Waals surface area contributed by atoms with Crippen molar-refractivity contribution >= 4 is 11.4 Å². The number of rotatable bonds is 4. The highest BCUT2D eigenvalue weighted by molar-refractivity contribution is 5.69. The number of methoxy groups -OCH3 is 1. The third kappa shape index (κ3) is 2.98. The fraction of sp³-hybridized carbons (Fsp3) is 0.600. The van der Waals surface area contributed by atoms with E-state index in [2.05, 4.69) is 12.2 Å². The number of hydrogen-bond acceptors (Lipinski definition) is 4. The Kier molecular flexibility index (Phi) is 4.38. The van der Waals surface area contributed by atoms with Crippen molar-refractivity contribution in [1.82, 2.24) is 0 Å². The van der Waals surface area contributed by atoms with Crippen LogP contribution in [-0.4, -0.2) is 24.4 Å². The molecule has 0 aliphatic heterocycles. The molecule has 0 heterocycles. The van der Waals surface area contributed by atoms with Gasteiger partial charge in [0.15, 0.2) is 11.6 Å². The van der Waals surface area contributed by atoms with Gasteiger partial charge in [0.2, 0.25) is 0 Å². The Bertz CT molecular complexity index is 471. The molecule has 1 aromatic rings. The molecule has 0 amide bonds. The average Bonchev–Trinajstić information content (AvgIpc) is 2.44. The summed E-state index contributed by atoms with van der Waals surface area (Å²) < 4.78 is 18.5. The van der Waals surface area contributed by atoms with E-state index in [-0.39, 0.29) is 17.9 Å². The number of nitrogen functional groups attached to an aromatic ring is 1.